The maximum atomic E-state index is 13.5. The minimum atomic E-state index is -0.552. The molecular weight excluding hydrogens is 413 g/mol. The average Bonchev–Trinajstić information content (AvgIpc) is 2.78. The van der Waals surface area contributed by atoms with Gasteiger partial charge in [0.15, 0.2) is 10.9 Å². The molecule has 0 saturated carbocycles. The normalized spacial score (nSPS) is 17.7. The molecule has 0 bridgehead atoms. The van der Waals surface area contributed by atoms with Crippen molar-refractivity contribution in [1.29, 1.82) is 0 Å². The minimum Gasteiger partial charge on any atom is -0.343 e. The number of allylic oxidation sites excluding steroid dienone is 2. The van der Waals surface area contributed by atoms with Crippen LogP contribution >= 0.6 is 11.8 Å². The maximum Gasteiger partial charge on any atom is 0.257 e. The number of carbonyl (C=O) groups is 1. The molecule has 2 heterocycles. The van der Waals surface area contributed by atoms with Crippen molar-refractivity contribution < 1.29 is 9.18 Å². The van der Waals surface area contributed by atoms with Gasteiger partial charge in [0.2, 0.25) is 0 Å². The Kier molecular flexibility index (Phi) is 5.19. The summed E-state index contributed by atoms with van der Waals surface area (Å²) >= 11 is 1.45. The zero-order chi connectivity index (χ0) is 21.4. The number of hydrogen-bond acceptors (Lipinski definition) is 5. The maximum absolute atomic E-state index is 13.5. The van der Waals surface area contributed by atoms with Crippen molar-refractivity contribution in [3.63, 3.8) is 0 Å². The number of hydrogen-bond donors (Lipinski definition) is 2. The molecule has 2 aromatic carbocycles. The van der Waals surface area contributed by atoms with E-state index in [0.29, 0.717) is 39.8 Å². The van der Waals surface area contributed by atoms with E-state index in [4.69, 9.17) is 0 Å². The van der Waals surface area contributed by atoms with Crippen molar-refractivity contribution in [2.24, 2.45) is 0 Å². The van der Waals surface area contributed by atoms with Crippen molar-refractivity contribution in [1.82, 2.24) is 9.97 Å². The van der Waals surface area contributed by atoms with Gasteiger partial charge in [0.1, 0.15) is 11.6 Å². The van der Waals surface area contributed by atoms with Crippen LogP contribution in [0.25, 0.3) is 0 Å². The van der Waals surface area contributed by atoms with Gasteiger partial charge in [0.25, 0.3) is 5.56 Å². The predicted molar refractivity (Wildman–Crippen MR) is 119 cm³/mol. The summed E-state index contributed by atoms with van der Waals surface area (Å²) in [5.41, 5.74) is 3.38. The number of ketones is 1. The lowest BCUT2D eigenvalue weighted by atomic mass is 9.76. The Morgan fingerprint density at radius 2 is 1.81 bits per heavy atom. The number of carbonyl (C=O) groups excluding carboxylic acids is 1. The first kappa shape index (κ1) is 19.8. The van der Waals surface area contributed by atoms with Gasteiger partial charge in [-0.3, -0.25) is 9.59 Å². The molecule has 0 unspecified atom stereocenters. The highest BCUT2D eigenvalue weighted by atomic mass is 32.2. The summed E-state index contributed by atoms with van der Waals surface area (Å²) in [6.07, 6.45) is 1.93. The lowest BCUT2D eigenvalue weighted by Crippen LogP contribution is -2.32. The van der Waals surface area contributed by atoms with E-state index in [1.54, 1.807) is 12.1 Å². The third-order valence-corrected chi connectivity index (χ3v) is 6.60. The van der Waals surface area contributed by atoms with Gasteiger partial charge < -0.3 is 10.3 Å². The van der Waals surface area contributed by atoms with Gasteiger partial charge in [0.05, 0.1) is 5.56 Å². The zero-order valence-corrected chi connectivity index (χ0v) is 17.5. The number of nitrogens with one attached hydrogen (secondary N) is 2. The fraction of sp³-hybridized carbons (Fsp3) is 0.208. The van der Waals surface area contributed by atoms with E-state index in [1.807, 2.05) is 30.3 Å². The second-order valence-corrected chi connectivity index (χ2v) is 8.65. The molecule has 0 spiro atoms. The van der Waals surface area contributed by atoms with Crippen molar-refractivity contribution in [3.8, 4) is 0 Å². The first-order chi connectivity index (χ1) is 15.1. The molecule has 156 valence electrons. The summed E-state index contributed by atoms with van der Waals surface area (Å²) in [4.78, 5) is 33.5. The van der Waals surface area contributed by atoms with Gasteiger partial charge in [-0.05, 0) is 36.1 Å². The topological polar surface area (TPSA) is 74.8 Å². The van der Waals surface area contributed by atoms with Crippen LogP contribution in [0.15, 0.2) is 75.8 Å². The van der Waals surface area contributed by atoms with E-state index in [-0.39, 0.29) is 17.2 Å². The van der Waals surface area contributed by atoms with Gasteiger partial charge in [-0.2, -0.15) is 0 Å². The third-order valence-electron chi connectivity index (χ3n) is 5.66. The Morgan fingerprint density at radius 1 is 1.03 bits per heavy atom. The molecule has 1 atom stereocenters. The van der Waals surface area contributed by atoms with Gasteiger partial charge in [0, 0.05) is 29.4 Å². The Hall–Kier alpha value is -3.19. The van der Waals surface area contributed by atoms with Gasteiger partial charge in [-0.25, -0.2) is 9.37 Å². The number of Topliss-reactive ketones (excluding diaryl/α,β-unsaturated/α-hetero) is 1. The molecule has 0 saturated heterocycles. The van der Waals surface area contributed by atoms with Crippen LogP contribution in [0.2, 0.25) is 0 Å². The molecule has 1 aliphatic carbocycles. The number of aromatic nitrogens is 2. The molecule has 0 fully saturated rings. The van der Waals surface area contributed by atoms with Crippen LogP contribution in [0, 0.1) is 5.82 Å². The van der Waals surface area contributed by atoms with Crippen LogP contribution in [0.5, 0.6) is 0 Å². The van der Waals surface area contributed by atoms with Crippen molar-refractivity contribution in [2.45, 2.75) is 36.1 Å². The molecule has 5 rings (SSSR count). The van der Waals surface area contributed by atoms with E-state index in [9.17, 15) is 14.0 Å². The van der Waals surface area contributed by atoms with Crippen LogP contribution in [-0.2, 0) is 10.5 Å². The smallest absolute Gasteiger partial charge is 0.257 e. The summed E-state index contributed by atoms with van der Waals surface area (Å²) < 4.78 is 13.5. The van der Waals surface area contributed by atoms with Crippen LogP contribution < -0.4 is 10.9 Å². The Balaban J connectivity index is 1.57. The van der Waals surface area contributed by atoms with Gasteiger partial charge >= 0.3 is 0 Å². The van der Waals surface area contributed by atoms with E-state index in [1.165, 1.54) is 23.9 Å². The Bertz CT molecular complexity index is 1240. The second kappa shape index (κ2) is 8.15. The van der Waals surface area contributed by atoms with Crippen LogP contribution in [0.3, 0.4) is 0 Å². The number of thioether (sulfide) groups is 1. The fourth-order valence-electron chi connectivity index (χ4n) is 4.22. The minimum absolute atomic E-state index is 0.0238. The summed E-state index contributed by atoms with van der Waals surface area (Å²) in [6, 6.07) is 16.0. The highest BCUT2D eigenvalue weighted by Gasteiger charge is 2.37. The molecule has 1 aromatic heterocycles. The SMILES string of the molecule is O=C1CCCC2=C1[C@H](c1ccc(F)cc1)c1c(nc(SCc3ccccc3)[nH]c1=O)N2. The molecule has 0 amide bonds. The third kappa shape index (κ3) is 3.81. The first-order valence-electron chi connectivity index (χ1n) is 10.2. The van der Waals surface area contributed by atoms with Crippen LogP contribution in [0.1, 0.15) is 41.9 Å². The zero-order valence-electron chi connectivity index (χ0n) is 16.7. The highest BCUT2D eigenvalue weighted by Crippen LogP contribution is 2.43. The number of benzene rings is 2. The summed E-state index contributed by atoms with van der Waals surface area (Å²) in [5, 5.41) is 3.78. The number of rotatable bonds is 4. The summed E-state index contributed by atoms with van der Waals surface area (Å²) in [5.74, 6) is 0.264. The highest BCUT2D eigenvalue weighted by molar-refractivity contribution is 7.98. The van der Waals surface area contributed by atoms with Gasteiger partial charge in [-0.15, -0.1) is 0 Å². The van der Waals surface area contributed by atoms with E-state index >= 15 is 0 Å². The molecule has 2 N–H and O–H groups in total. The number of fused-ring (bicyclic) bond motifs is 1. The van der Waals surface area contributed by atoms with E-state index in [0.717, 1.165) is 24.1 Å². The monoisotopic (exact) mass is 433 g/mol. The lowest BCUT2D eigenvalue weighted by molar-refractivity contribution is -0.116. The molecule has 0 radical (unpaired) electrons. The number of H-pyrrole nitrogens is 1. The van der Waals surface area contributed by atoms with E-state index < -0.39 is 5.92 Å². The fourth-order valence-corrected chi connectivity index (χ4v) is 5.04. The summed E-state index contributed by atoms with van der Waals surface area (Å²) in [7, 11) is 0. The Labute approximate surface area is 182 Å². The second-order valence-electron chi connectivity index (χ2n) is 7.69. The predicted octanol–water partition coefficient (Wildman–Crippen LogP) is 4.77. The molecule has 3 aromatic rings. The van der Waals surface area contributed by atoms with Crippen molar-refractivity contribution in [3.05, 3.63) is 98.7 Å². The van der Waals surface area contributed by atoms with Gasteiger partial charge in [-0.1, -0.05) is 54.2 Å². The molecule has 1 aliphatic heterocycles. The lowest BCUT2D eigenvalue weighted by Gasteiger charge is -2.32. The van der Waals surface area contributed by atoms with Crippen LogP contribution in [0.4, 0.5) is 10.2 Å². The number of nitrogens with zero attached hydrogens (tertiary/aromatic N) is 1. The number of anilines is 1. The standard InChI is InChI=1S/C24H20FN3O2S/c25-16-11-9-15(10-12-16)19-20-17(7-4-8-18(20)29)26-22-21(19)23(30)28-24(27-22)31-13-14-5-2-1-3-6-14/h1-3,5-6,9-12,19H,4,7-8,13H2,(H2,26,27,28,30)/t19-/m0/s1. The largest absolute Gasteiger partial charge is 0.343 e. The average molecular weight is 434 g/mol. The van der Waals surface area contributed by atoms with Crippen molar-refractivity contribution >= 4 is 23.4 Å². The molecule has 2 aliphatic rings. The number of aromatic amines is 1. The molecular formula is C24H20FN3O2S. The van der Waals surface area contributed by atoms with Crippen molar-refractivity contribution in [2.75, 3.05) is 5.32 Å². The quantitative estimate of drug-likeness (QED) is 0.458. The first-order valence-corrected chi connectivity index (χ1v) is 11.2. The summed E-state index contributed by atoms with van der Waals surface area (Å²) in [6.45, 7) is 0. The number of halogens is 1. The Morgan fingerprint density at radius 3 is 2.58 bits per heavy atom. The molecule has 5 nitrogen and oxygen atoms in total. The molecule has 7 heteroatoms. The van der Waals surface area contributed by atoms with E-state index in [2.05, 4.69) is 15.3 Å². The molecule has 31 heavy (non-hydrogen) atoms. The van der Waals surface area contributed by atoms with Crippen LogP contribution in [-0.4, -0.2) is 15.8 Å².